The molecule has 4 rings (SSSR count). The summed E-state index contributed by atoms with van der Waals surface area (Å²) in [6.07, 6.45) is 6.35. The van der Waals surface area contributed by atoms with Crippen LogP contribution >= 0.6 is 0 Å². The normalized spacial score (nSPS) is 14.6. The molecule has 10 nitrogen and oxygen atoms in total. The molecule has 0 spiro atoms. The molecule has 1 atom stereocenters. The van der Waals surface area contributed by atoms with Gasteiger partial charge in [0.15, 0.2) is 0 Å². The fourth-order valence-electron chi connectivity index (χ4n) is 3.57. The smallest absolute Gasteiger partial charge is 0.235 e. The van der Waals surface area contributed by atoms with Gasteiger partial charge in [-0.2, -0.15) is 14.8 Å². The number of carbonyl (C=O) groups excluding carboxylic acids is 1. The quantitative estimate of drug-likeness (QED) is 0.421. The Morgan fingerprint density at radius 3 is 2.59 bits per heavy atom. The monoisotopic (exact) mass is 429 g/mol. The zero-order valence-corrected chi connectivity index (χ0v) is 18.4. The van der Waals surface area contributed by atoms with E-state index in [1.165, 1.54) is 0 Å². The van der Waals surface area contributed by atoms with Gasteiger partial charge in [-0.25, -0.2) is 14.8 Å². The maximum atomic E-state index is 10.9. The highest BCUT2D eigenvalue weighted by Gasteiger charge is 2.32. The summed E-state index contributed by atoms with van der Waals surface area (Å²) in [7, 11) is 0. The summed E-state index contributed by atoms with van der Waals surface area (Å²) in [5.41, 5.74) is 4.49. The molecule has 1 aromatic carbocycles. The lowest BCUT2D eigenvalue weighted by molar-refractivity contribution is 0.562. The van der Waals surface area contributed by atoms with Gasteiger partial charge in [0, 0.05) is 31.2 Å². The lowest BCUT2D eigenvalue weighted by Gasteiger charge is -2.21. The Morgan fingerprint density at radius 1 is 1.16 bits per heavy atom. The molecule has 0 amide bonds. The van der Waals surface area contributed by atoms with Gasteiger partial charge < -0.3 is 4.90 Å². The Balaban J connectivity index is 1.81. The van der Waals surface area contributed by atoms with Gasteiger partial charge >= 0.3 is 0 Å². The minimum atomic E-state index is -0.544. The molecule has 2 aromatic heterocycles. The molecule has 1 unspecified atom stereocenters. The van der Waals surface area contributed by atoms with E-state index in [1.807, 2.05) is 19.1 Å². The number of aromatic nitrogens is 5. The van der Waals surface area contributed by atoms with Crippen LogP contribution in [0.3, 0.4) is 0 Å². The third-order valence-corrected chi connectivity index (χ3v) is 5.28. The zero-order valence-electron chi connectivity index (χ0n) is 18.4. The van der Waals surface area contributed by atoms with Crippen molar-refractivity contribution in [2.24, 2.45) is 15.1 Å². The number of hydrogen-bond acceptors (Lipinski definition) is 9. The standard InChI is InChI=1S/C22H23N9O/c1-5-30(6-2)16-7-8-17(14(3)11-16)26-20-19(15(4)25-13-32)29-31-21(27-28-22(20)31)18-12-23-9-10-24-18/h7-12,15H,5-6H2,1-4H3. The van der Waals surface area contributed by atoms with Crippen molar-refractivity contribution in [3.05, 3.63) is 48.2 Å². The number of anilines is 1. The summed E-state index contributed by atoms with van der Waals surface area (Å²) < 4.78 is 1.56. The molecule has 0 bridgehead atoms. The van der Waals surface area contributed by atoms with Crippen molar-refractivity contribution in [3.63, 3.8) is 0 Å². The van der Waals surface area contributed by atoms with Crippen LogP contribution in [0.15, 0.2) is 51.9 Å². The zero-order chi connectivity index (χ0) is 22.7. The first-order valence-corrected chi connectivity index (χ1v) is 10.4. The van der Waals surface area contributed by atoms with E-state index in [2.05, 4.69) is 55.1 Å². The van der Waals surface area contributed by atoms with Gasteiger partial charge in [0.05, 0.1) is 11.9 Å². The van der Waals surface area contributed by atoms with Crippen LogP contribution < -0.4 is 4.90 Å². The van der Waals surface area contributed by atoms with E-state index in [0.29, 0.717) is 28.8 Å². The molecular weight excluding hydrogens is 406 g/mol. The number of aryl methyl sites for hydroxylation is 1. The van der Waals surface area contributed by atoms with E-state index < -0.39 is 6.04 Å². The van der Waals surface area contributed by atoms with E-state index >= 15 is 0 Å². The topological polar surface area (TPSA) is 114 Å². The van der Waals surface area contributed by atoms with Gasteiger partial charge in [-0.15, -0.1) is 10.2 Å². The van der Waals surface area contributed by atoms with Gasteiger partial charge in [0.1, 0.15) is 23.2 Å². The van der Waals surface area contributed by atoms with Crippen LogP contribution in [0.1, 0.15) is 32.2 Å². The SMILES string of the molecule is CCN(CC)c1ccc(N=C2C(C(C)N=C=O)=Nn3c2nnc3-c2cnccn2)c(C)c1. The van der Waals surface area contributed by atoms with Gasteiger partial charge in [-0.3, -0.25) is 4.98 Å². The summed E-state index contributed by atoms with van der Waals surface area (Å²) in [4.78, 5) is 30.2. The van der Waals surface area contributed by atoms with Crippen molar-refractivity contribution in [2.75, 3.05) is 18.0 Å². The average molecular weight is 429 g/mol. The molecule has 0 saturated heterocycles. The van der Waals surface area contributed by atoms with E-state index in [-0.39, 0.29) is 0 Å². The van der Waals surface area contributed by atoms with Crippen LogP contribution in [0.2, 0.25) is 0 Å². The largest absolute Gasteiger partial charge is 0.372 e. The molecule has 32 heavy (non-hydrogen) atoms. The van der Waals surface area contributed by atoms with E-state index in [4.69, 9.17) is 4.99 Å². The van der Waals surface area contributed by atoms with Gasteiger partial charge in [0.2, 0.25) is 17.7 Å². The summed E-state index contributed by atoms with van der Waals surface area (Å²) >= 11 is 0. The molecule has 1 aliphatic heterocycles. The number of benzene rings is 1. The summed E-state index contributed by atoms with van der Waals surface area (Å²) in [6.45, 7) is 9.89. The van der Waals surface area contributed by atoms with Crippen molar-refractivity contribution in [1.82, 2.24) is 24.8 Å². The Hall–Kier alpha value is -4.04. The van der Waals surface area contributed by atoms with Gasteiger partial charge in [-0.1, -0.05) is 0 Å². The first-order valence-electron chi connectivity index (χ1n) is 10.4. The van der Waals surface area contributed by atoms with Crippen LogP contribution in [-0.4, -0.2) is 61.5 Å². The van der Waals surface area contributed by atoms with E-state index in [1.54, 1.807) is 36.3 Å². The summed E-state index contributed by atoms with van der Waals surface area (Å²) in [5, 5.41) is 13.1. The number of aliphatic imine (C=N–C) groups is 2. The Kier molecular flexibility index (Phi) is 5.96. The van der Waals surface area contributed by atoms with Crippen LogP contribution in [-0.2, 0) is 4.79 Å². The van der Waals surface area contributed by atoms with Crippen molar-refractivity contribution in [2.45, 2.75) is 33.7 Å². The highest BCUT2D eigenvalue weighted by molar-refractivity contribution is 6.50. The summed E-state index contributed by atoms with van der Waals surface area (Å²) in [5.74, 6) is 0.896. The molecule has 3 aromatic rings. The number of nitrogens with zero attached hydrogens (tertiary/aromatic N) is 9. The van der Waals surface area contributed by atoms with Crippen molar-refractivity contribution < 1.29 is 4.79 Å². The molecule has 0 aliphatic carbocycles. The molecular formula is C22H23N9O. The Morgan fingerprint density at radius 2 is 1.94 bits per heavy atom. The highest BCUT2D eigenvalue weighted by atomic mass is 16.1. The lowest BCUT2D eigenvalue weighted by Crippen LogP contribution is -2.23. The average Bonchev–Trinajstić information content (AvgIpc) is 3.37. The van der Waals surface area contributed by atoms with E-state index in [9.17, 15) is 4.79 Å². The molecule has 1 aliphatic rings. The number of fused-ring (bicyclic) bond motifs is 1. The van der Waals surface area contributed by atoms with Crippen LogP contribution in [0.4, 0.5) is 11.4 Å². The van der Waals surface area contributed by atoms with E-state index in [0.717, 1.165) is 30.0 Å². The van der Waals surface area contributed by atoms with Crippen molar-refractivity contribution in [3.8, 4) is 11.5 Å². The molecule has 0 radical (unpaired) electrons. The summed E-state index contributed by atoms with van der Waals surface area (Å²) in [6, 6.07) is 5.59. The molecule has 0 fully saturated rings. The second kappa shape index (κ2) is 8.99. The number of rotatable bonds is 7. The van der Waals surface area contributed by atoms with Crippen LogP contribution in [0, 0.1) is 6.92 Å². The Labute approximate surface area is 185 Å². The fourth-order valence-corrected chi connectivity index (χ4v) is 3.57. The first-order chi connectivity index (χ1) is 15.6. The second-order valence-corrected chi connectivity index (χ2v) is 7.23. The van der Waals surface area contributed by atoms with Gasteiger partial charge in [-0.05, 0) is 51.5 Å². The fraction of sp³-hybridized carbons (Fsp3) is 0.318. The van der Waals surface area contributed by atoms with Crippen molar-refractivity contribution in [1.29, 1.82) is 0 Å². The number of isocyanates is 1. The first kappa shape index (κ1) is 21.2. The minimum Gasteiger partial charge on any atom is -0.372 e. The molecule has 10 heteroatoms. The third-order valence-electron chi connectivity index (χ3n) is 5.28. The van der Waals surface area contributed by atoms with Crippen molar-refractivity contribution >= 4 is 28.9 Å². The maximum absolute atomic E-state index is 10.9. The molecule has 3 heterocycles. The van der Waals surface area contributed by atoms with Gasteiger partial charge in [0.25, 0.3) is 0 Å². The lowest BCUT2D eigenvalue weighted by atomic mass is 10.1. The maximum Gasteiger partial charge on any atom is 0.235 e. The Bertz CT molecular complexity index is 1240. The molecule has 162 valence electrons. The highest BCUT2D eigenvalue weighted by Crippen LogP contribution is 2.28. The predicted octanol–water partition coefficient (Wildman–Crippen LogP) is 2.95. The number of hydrogen-bond donors (Lipinski definition) is 0. The second-order valence-electron chi connectivity index (χ2n) is 7.23. The minimum absolute atomic E-state index is 0.437. The predicted molar refractivity (Wildman–Crippen MR) is 122 cm³/mol. The third kappa shape index (κ3) is 3.83. The molecule has 0 N–H and O–H groups in total. The molecule has 0 saturated carbocycles. The van der Waals surface area contributed by atoms with Crippen LogP contribution in [0.25, 0.3) is 11.5 Å². The van der Waals surface area contributed by atoms with Crippen LogP contribution in [0.5, 0.6) is 0 Å².